The van der Waals surface area contributed by atoms with E-state index >= 15 is 0 Å². The molecule has 30 heavy (non-hydrogen) atoms. The Morgan fingerprint density at radius 2 is 1.80 bits per heavy atom. The average molecular weight is 461 g/mol. The fraction of sp³-hybridized carbons (Fsp3) is 0.579. The minimum absolute atomic E-state index is 0.0764. The molecule has 0 bridgehead atoms. The van der Waals surface area contributed by atoms with E-state index in [0.717, 1.165) is 0 Å². The predicted molar refractivity (Wildman–Crippen MR) is 117 cm³/mol. The number of benzene rings is 1. The van der Waals surface area contributed by atoms with Crippen LogP contribution < -0.4 is 10.0 Å². The minimum atomic E-state index is -3.49. The number of piperazine rings is 1. The smallest absolute Gasteiger partial charge is 0.240 e. The van der Waals surface area contributed by atoms with Crippen molar-refractivity contribution < 1.29 is 22.4 Å². The van der Waals surface area contributed by atoms with Crippen LogP contribution in [0.2, 0.25) is 0 Å². The average Bonchev–Trinajstić information content (AvgIpc) is 2.72. The number of hydrogen-bond acceptors (Lipinski definition) is 6. The Hall–Kier alpha value is -1.69. The zero-order valence-corrected chi connectivity index (χ0v) is 18.9. The Morgan fingerprint density at radius 1 is 1.17 bits per heavy atom. The van der Waals surface area contributed by atoms with Crippen LogP contribution in [0.3, 0.4) is 0 Å². The van der Waals surface area contributed by atoms with Gasteiger partial charge in [-0.15, -0.1) is 0 Å². The van der Waals surface area contributed by atoms with Crippen LogP contribution in [0.25, 0.3) is 0 Å². The van der Waals surface area contributed by atoms with E-state index in [1.54, 1.807) is 16.7 Å². The van der Waals surface area contributed by atoms with Crippen molar-refractivity contribution in [3.05, 3.63) is 30.1 Å². The van der Waals surface area contributed by atoms with Gasteiger partial charge in [0.05, 0.1) is 12.3 Å². The first-order valence-electron chi connectivity index (χ1n) is 9.79. The lowest BCUT2D eigenvalue weighted by Crippen LogP contribution is -2.55. The molecule has 11 heteroatoms. The molecule has 0 aromatic heterocycles. The summed E-state index contributed by atoms with van der Waals surface area (Å²) in [4.78, 5) is 28.6. The van der Waals surface area contributed by atoms with E-state index < -0.39 is 16.1 Å². The van der Waals surface area contributed by atoms with Gasteiger partial charge in [-0.1, -0.05) is 0 Å². The first kappa shape index (κ1) is 24.6. The second kappa shape index (κ2) is 11.6. The summed E-state index contributed by atoms with van der Waals surface area (Å²) >= 11 is 1.56. The Balaban J connectivity index is 1.85. The molecule has 1 fully saturated rings. The summed E-state index contributed by atoms with van der Waals surface area (Å²) < 4.78 is 39.3. The van der Waals surface area contributed by atoms with Crippen LogP contribution in [0.15, 0.2) is 24.3 Å². The van der Waals surface area contributed by atoms with Crippen molar-refractivity contribution >= 4 is 39.3 Å². The second-order valence-electron chi connectivity index (χ2n) is 7.01. The molecule has 1 aromatic rings. The van der Waals surface area contributed by atoms with Gasteiger partial charge in [0.1, 0.15) is 11.9 Å². The summed E-state index contributed by atoms with van der Waals surface area (Å²) in [6, 6.07) is 4.78. The highest BCUT2D eigenvalue weighted by Gasteiger charge is 2.30. The van der Waals surface area contributed by atoms with Crippen molar-refractivity contribution in [2.45, 2.75) is 19.4 Å². The molecule has 2 rings (SSSR count). The molecule has 0 aliphatic carbocycles. The molecule has 0 spiro atoms. The number of hydrogen-bond donors (Lipinski definition) is 2. The van der Waals surface area contributed by atoms with Crippen molar-refractivity contribution in [3.8, 4) is 0 Å². The number of sulfonamides is 1. The van der Waals surface area contributed by atoms with Gasteiger partial charge < -0.3 is 10.2 Å². The number of thioether (sulfide) groups is 1. The van der Waals surface area contributed by atoms with Gasteiger partial charge in [0.15, 0.2) is 0 Å². The van der Waals surface area contributed by atoms with Crippen molar-refractivity contribution in [1.29, 1.82) is 0 Å². The van der Waals surface area contributed by atoms with Gasteiger partial charge in [0.25, 0.3) is 0 Å². The van der Waals surface area contributed by atoms with Crippen molar-refractivity contribution in [1.82, 2.24) is 14.5 Å². The zero-order valence-electron chi connectivity index (χ0n) is 17.3. The lowest BCUT2D eigenvalue weighted by atomic mass is 10.2. The third kappa shape index (κ3) is 7.86. The highest BCUT2D eigenvalue weighted by molar-refractivity contribution is 7.98. The highest BCUT2D eigenvalue weighted by Crippen LogP contribution is 2.11. The quantitative estimate of drug-likeness (QED) is 0.540. The fourth-order valence-electron chi connectivity index (χ4n) is 3.05. The zero-order chi connectivity index (χ0) is 22.1. The summed E-state index contributed by atoms with van der Waals surface area (Å²) in [5, 5.41) is 2.72. The first-order valence-corrected chi connectivity index (χ1v) is 12.8. The van der Waals surface area contributed by atoms with Crippen molar-refractivity contribution in [2.75, 3.05) is 55.8 Å². The molecule has 1 aliphatic heterocycles. The number of nitrogens with zero attached hydrogens (tertiary/aromatic N) is 2. The SMILES string of the molecule is CCS(=O)(=O)NC(CCSC)C(=O)N1CCN(CC(=O)Nc2ccc(F)cc2)CC1. The number of amides is 2. The van der Waals surface area contributed by atoms with Gasteiger partial charge in [-0.2, -0.15) is 11.8 Å². The van der Waals surface area contributed by atoms with Crippen LogP contribution in [0.5, 0.6) is 0 Å². The summed E-state index contributed by atoms with van der Waals surface area (Å²) in [5.41, 5.74) is 0.523. The summed E-state index contributed by atoms with van der Waals surface area (Å²) in [5.74, 6) is -0.212. The van der Waals surface area contributed by atoms with Gasteiger partial charge in [-0.25, -0.2) is 17.5 Å². The summed E-state index contributed by atoms with van der Waals surface area (Å²) in [6.07, 6.45) is 2.34. The van der Waals surface area contributed by atoms with E-state index in [-0.39, 0.29) is 29.9 Å². The number of anilines is 1. The van der Waals surface area contributed by atoms with Gasteiger partial charge in [-0.05, 0) is 49.6 Å². The molecule has 168 valence electrons. The van der Waals surface area contributed by atoms with Gasteiger partial charge in [0, 0.05) is 31.9 Å². The molecule has 1 heterocycles. The van der Waals surface area contributed by atoms with Crippen LogP contribution in [0.4, 0.5) is 10.1 Å². The van der Waals surface area contributed by atoms with Gasteiger partial charge >= 0.3 is 0 Å². The largest absolute Gasteiger partial charge is 0.339 e. The molecule has 1 atom stereocenters. The molecule has 0 radical (unpaired) electrons. The number of nitrogens with one attached hydrogen (secondary N) is 2. The van der Waals surface area contributed by atoms with E-state index in [9.17, 15) is 22.4 Å². The number of rotatable bonds is 10. The number of carbonyl (C=O) groups is 2. The summed E-state index contributed by atoms with van der Waals surface area (Å²) in [6.45, 7) is 3.57. The molecular formula is C19H29FN4O4S2. The van der Waals surface area contributed by atoms with E-state index in [0.29, 0.717) is 44.0 Å². The third-order valence-electron chi connectivity index (χ3n) is 4.79. The van der Waals surface area contributed by atoms with Gasteiger partial charge in [0.2, 0.25) is 21.8 Å². The van der Waals surface area contributed by atoms with E-state index in [1.165, 1.54) is 31.2 Å². The van der Waals surface area contributed by atoms with Crippen LogP contribution in [0, 0.1) is 5.82 Å². The van der Waals surface area contributed by atoms with Gasteiger partial charge in [-0.3, -0.25) is 14.5 Å². The normalized spacial score (nSPS) is 16.3. The van der Waals surface area contributed by atoms with E-state index in [1.807, 2.05) is 11.2 Å². The number of carbonyl (C=O) groups excluding carboxylic acids is 2. The lowest BCUT2D eigenvalue weighted by Gasteiger charge is -2.36. The molecule has 1 unspecified atom stereocenters. The maximum atomic E-state index is 12.9. The second-order valence-corrected chi connectivity index (χ2v) is 10.0. The molecule has 1 aromatic carbocycles. The maximum Gasteiger partial charge on any atom is 0.240 e. The summed E-state index contributed by atoms with van der Waals surface area (Å²) in [7, 11) is -3.49. The Morgan fingerprint density at radius 3 is 2.37 bits per heavy atom. The Labute approximate surface area is 181 Å². The van der Waals surface area contributed by atoms with Crippen LogP contribution in [-0.2, 0) is 19.6 Å². The maximum absolute atomic E-state index is 12.9. The molecule has 8 nitrogen and oxygen atoms in total. The molecule has 2 amide bonds. The van der Waals surface area contributed by atoms with Crippen LogP contribution in [-0.4, -0.2) is 86.6 Å². The standard InChI is InChI=1S/C19H29FN4O4S2/c1-3-30(27,28)22-17(8-13-29-2)19(26)24-11-9-23(10-12-24)14-18(25)21-16-6-4-15(20)5-7-16/h4-7,17,22H,3,8-14H2,1-2H3,(H,21,25). The Kier molecular flexibility index (Phi) is 9.53. The monoisotopic (exact) mass is 460 g/mol. The predicted octanol–water partition coefficient (Wildman–Crippen LogP) is 0.969. The Bertz CT molecular complexity index is 812. The molecule has 0 saturated carbocycles. The lowest BCUT2D eigenvalue weighted by molar-refractivity contribution is -0.134. The minimum Gasteiger partial charge on any atom is -0.339 e. The fourth-order valence-corrected chi connectivity index (χ4v) is 4.34. The molecule has 2 N–H and O–H groups in total. The highest BCUT2D eigenvalue weighted by atomic mass is 32.2. The first-order chi connectivity index (χ1) is 14.2. The van der Waals surface area contributed by atoms with Crippen LogP contribution in [0.1, 0.15) is 13.3 Å². The topological polar surface area (TPSA) is 98.8 Å². The van der Waals surface area contributed by atoms with Crippen LogP contribution >= 0.6 is 11.8 Å². The molecular weight excluding hydrogens is 431 g/mol. The van der Waals surface area contributed by atoms with Crippen molar-refractivity contribution in [2.24, 2.45) is 0 Å². The molecule has 1 saturated heterocycles. The third-order valence-corrected chi connectivity index (χ3v) is 6.84. The van der Waals surface area contributed by atoms with E-state index in [2.05, 4.69) is 10.0 Å². The molecule has 1 aliphatic rings. The van der Waals surface area contributed by atoms with Crippen molar-refractivity contribution in [3.63, 3.8) is 0 Å². The number of halogens is 1. The van der Waals surface area contributed by atoms with E-state index in [4.69, 9.17) is 0 Å².